The SMILES string of the molecule is C[C@H](NC(=O)[C@@H]1CC(=O)N(Cc2ccccn2)C1)c1cccs1. The summed E-state index contributed by atoms with van der Waals surface area (Å²) in [5.74, 6) is -0.323. The van der Waals surface area contributed by atoms with Crippen molar-refractivity contribution >= 4 is 23.2 Å². The van der Waals surface area contributed by atoms with Crippen LogP contribution in [0.25, 0.3) is 0 Å². The number of amides is 2. The van der Waals surface area contributed by atoms with E-state index >= 15 is 0 Å². The topological polar surface area (TPSA) is 62.3 Å². The number of pyridine rings is 1. The van der Waals surface area contributed by atoms with Gasteiger partial charge in [-0.05, 0) is 30.5 Å². The highest BCUT2D eigenvalue weighted by Crippen LogP contribution is 2.23. The van der Waals surface area contributed by atoms with E-state index in [1.807, 2.05) is 42.6 Å². The van der Waals surface area contributed by atoms with Crippen LogP contribution in [0.15, 0.2) is 41.9 Å². The number of nitrogens with zero attached hydrogens (tertiary/aromatic N) is 2. The van der Waals surface area contributed by atoms with E-state index in [1.54, 1.807) is 22.4 Å². The molecule has 23 heavy (non-hydrogen) atoms. The van der Waals surface area contributed by atoms with E-state index in [1.165, 1.54) is 0 Å². The second-order valence-electron chi connectivity index (χ2n) is 5.74. The summed E-state index contributed by atoms with van der Waals surface area (Å²) in [5, 5.41) is 5.00. The van der Waals surface area contributed by atoms with Gasteiger partial charge in [-0.2, -0.15) is 0 Å². The van der Waals surface area contributed by atoms with Crippen LogP contribution >= 0.6 is 11.3 Å². The van der Waals surface area contributed by atoms with E-state index in [0.29, 0.717) is 13.1 Å². The summed E-state index contributed by atoms with van der Waals surface area (Å²) in [4.78, 5) is 31.6. The van der Waals surface area contributed by atoms with Gasteiger partial charge in [-0.1, -0.05) is 12.1 Å². The highest BCUT2D eigenvalue weighted by Gasteiger charge is 2.34. The van der Waals surface area contributed by atoms with Crippen LogP contribution in [-0.2, 0) is 16.1 Å². The van der Waals surface area contributed by atoms with E-state index in [0.717, 1.165) is 10.6 Å². The molecule has 2 amide bonds. The number of likely N-dealkylation sites (tertiary alicyclic amines) is 1. The van der Waals surface area contributed by atoms with Gasteiger partial charge in [-0.15, -0.1) is 11.3 Å². The molecule has 1 aliphatic rings. The number of nitrogens with one attached hydrogen (secondary N) is 1. The molecule has 0 aliphatic carbocycles. The van der Waals surface area contributed by atoms with Gasteiger partial charge in [0, 0.05) is 24.0 Å². The maximum atomic E-state index is 12.4. The molecule has 3 rings (SSSR count). The van der Waals surface area contributed by atoms with Crippen molar-refractivity contribution in [2.75, 3.05) is 6.54 Å². The molecule has 0 saturated carbocycles. The fourth-order valence-corrected chi connectivity index (χ4v) is 3.46. The van der Waals surface area contributed by atoms with E-state index in [9.17, 15) is 9.59 Å². The van der Waals surface area contributed by atoms with Gasteiger partial charge in [0.2, 0.25) is 11.8 Å². The Balaban J connectivity index is 1.57. The van der Waals surface area contributed by atoms with Gasteiger partial charge in [-0.3, -0.25) is 14.6 Å². The second-order valence-corrected chi connectivity index (χ2v) is 6.72. The summed E-state index contributed by atoms with van der Waals surface area (Å²) < 4.78 is 0. The molecule has 5 nitrogen and oxygen atoms in total. The van der Waals surface area contributed by atoms with Gasteiger partial charge >= 0.3 is 0 Å². The lowest BCUT2D eigenvalue weighted by atomic mass is 10.1. The number of aromatic nitrogens is 1. The Morgan fingerprint density at radius 3 is 3.00 bits per heavy atom. The molecule has 0 spiro atoms. The molecular formula is C17H19N3O2S. The van der Waals surface area contributed by atoms with Gasteiger partial charge in [0.05, 0.1) is 24.2 Å². The number of carbonyl (C=O) groups excluding carboxylic acids is 2. The van der Waals surface area contributed by atoms with Crippen LogP contribution in [0.1, 0.15) is 30.0 Å². The lowest BCUT2D eigenvalue weighted by Crippen LogP contribution is -2.34. The number of thiophene rings is 1. The van der Waals surface area contributed by atoms with Gasteiger partial charge in [0.25, 0.3) is 0 Å². The largest absolute Gasteiger partial charge is 0.348 e. The Kier molecular flexibility index (Phi) is 4.71. The number of hydrogen-bond donors (Lipinski definition) is 1. The Hall–Kier alpha value is -2.21. The molecular weight excluding hydrogens is 310 g/mol. The molecule has 1 N–H and O–H groups in total. The summed E-state index contributed by atoms with van der Waals surface area (Å²) in [5.41, 5.74) is 0.842. The van der Waals surface area contributed by atoms with Crippen molar-refractivity contribution in [3.05, 3.63) is 52.5 Å². The second kappa shape index (κ2) is 6.91. The van der Waals surface area contributed by atoms with Crippen LogP contribution in [0.3, 0.4) is 0 Å². The molecule has 1 fully saturated rings. The first kappa shape index (κ1) is 15.7. The predicted molar refractivity (Wildman–Crippen MR) is 88.6 cm³/mol. The van der Waals surface area contributed by atoms with Crippen molar-refractivity contribution in [1.29, 1.82) is 0 Å². The molecule has 6 heteroatoms. The van der Waals surface area contributed by atoms with Crippen LogP contribution < -0.4 is 5.32 Å². The first-order chi connectivity index (χ1) is 11.1. The lowest BCUT2D eigenvalue weighted by Gasteiger charge is -2.17. The van der Waals surface area contributed by atoms with Crippen molar-refractivity contribution in [1.82, 2.24) is 15.2 Å². The zero-order chi connectivity index (χ0) is 16.2. The lowest BCUT2D eigenvalue weighted by molar-refractivity contribution is -0.129. The van der Waals surface area contributed by atoms with Crippen molar-refractivity contribution < 1.29 is 9.59 Å². The third-order valence-corrected chi connectivity index (χ3v) is 5.05. The standard InChI is InChI=1S/C17H19N3O2S/c1-12(15-6-4-8-23-15)19-17(22)13-9-16(21)20(10-13)11-14-5-2-3-7-18-14/h2-8,12-13H,9-11H2,1H3,(H,19,22)/t12-,13+/m0/s1. The zero-order valence-electron chi connectivity index (χ0n) is 12.9. The Morgan fingerprint density at radius 2 is 2.30 bits per heavy atom. The molecule has 1 saturated heterocycles. The molecule has 2 aromatic heterocycles. The van der Waals surface area contributed by atoms with Crippen molar-refractivity contribution in [2.45, 2.75) is 25.9 Å². The fraction of sp³-hybridized carbons (Fsp3) is 0.353. The van der Waals surface area contributed by atoms with E-state index in [4.69, 9.17) is 0 Å². The summed E-state index contributed by atoms with van der Waals surface area (Å²) >= 11 is 1.62. The molecule has 3 heterocycles. The average molecular weight is 329 g/mol. The molecule has 0 unspecified atom stereocenters. The monoisotopic (exact) mass is 329 g/mol. The highest BCUT2D eigenvalue weighted by atomic mass is 32.1. The Labute approximate surface area is 139 Å². The molecule has 2 atom stereocenters. The maximum Gasteiger partial charge on any atom is 0.225 e. The number of rotatable bonds is 5. The predicted octanol–water partition coefficient (Wildman–Crippen LogP) is 2.37. The maximum absolute atomic E-state index is 12.4. The molecule has 0 bridgehead atoms. The van der Waals surface area contributed by atoms with E-state index in [2.05, 4.69) is 10.3 Å². The van der Waals surface area contributed by atoms with Gasteiger partial charge in [0.1, 0.15) is 0 Å². The molecule has 0 aromatic carbocycles. The van der Waals surface area contributed by atoms with Crippen LogP contribution in [0.4, 0.5) is 0 Å². The highest BCUT2D eigenvalue weighted by molar-refractivity contribution is 7.10. The minimum atomic E-state index is -0.284. The van der Waals surface area contributed by atoms with Crippen LogP contribution in [0, 0.1) is 5.92 Å². The number of carbonyl (C=O) groups is 2. The summed E-state index contributed by atoms with van der Waals surface area (Å²) in [7, 11) is 0. The molecule has 120 valence electrons. The molecule has 0 radical (unpaired) electrons. The Morgan fingerprint density at radius 1 is 1.43 bits per heavy atom. The molecule has 1 aliphatic heterocycles. The van der Waals surface area contributed by atoms with Gasteiger partial charge in [-0.25, -0.2) is 0 Å². The van der Waals surface area contributed by atoms with Crippen LogP contribution in [0.2, 0.25) is 0 Å². The first-order valence-corrected chi connectivity index (χ1v) is 8.53. The summed E-state index contributed by atoms with van der Waals surface area (Å²) in [6, 6.07) is 9.58. The fourth-order valence-electron chi connectivity index (χ4n) is 2.73. The minimum Gasteiger partial charge on any atom is -0.348 e. The van der Waals surface area contributed by atoms with Crippen molar-refractivity contribution in [2.24, 2.45) is 5.92 Å². The zero-order valence-corrected chi connectivity index (χ0v) is 13.8. The van der Waals surface area contributed by atoms with Gasteiger partial charge in [0.15, 0.2) is 0 Å². The quantitative estimate of drug-likeness (QED) is 0.916. The normalized spacial score (nSPS) is 18.9. The third-order valence-electron chi connectivity index (χ3n) is 3.99. The van der Waals surface area contributed by atoms with Crippen LogP contribution in [0.5, 0.6) is 0 Å². The minimum absolute atomic E-state index is 0.0135. The third kappa shape index (κ3) is 3.76. The van der Waals surface area contributed by atoms with Crippen LogP contribution in [-0.4, -0.2) is 28.2 Å². The molecule has 2 aromatic rings. The number of hydrogen-bond acceptors (Lipinski definition) is 4. The van der Waals surface area contributed by atoms with E-state index in [-0.39, 0.29) is 30.2 Å². The summed E-state index contributed by atoms with van der Waals surface area (Å²) in [6.45, 7) is 2.88. The van der Waals surface area contributed by atoms with Gasteiger partial charge < -0.3 is 10.2 Å². The summed E-state index contributed by atoms with van der Waals surface area (Å²) in [6.07, 6.45) is 1.98. The van der Waals surface area contributed by atoms with Crippen molar-refractivity contribution in [3.63, 3.8) is 0 Å². The van der Waals surface area contributed by atoms with E-state index < -0.39 is 0 Å². The Bertz CT molecular complexity index is 672. The smallest absolute Gasteiger partial charge is 0.225 e. The van der Waals surface area contributed by atoms with Crippen molar-refractivity contribution in [3.8, 4) is 0 Å². The average Bonchev–Trinajstić information content (AvgIpc) is 3.19. The first-order valence-electron chi connectivity index (χ1n) is 7.65.